The standard InChI is InChI=1S/C20H28O7/c21-15-8-9-17(22)16(14-15)18(23)26-12-6-4-2-1-3-5-10-20(19(24)25)11-7-13-27-20/h8-9,14,21-22H,1-7,10-13H2,(H,24,25). The molecule has 1 unspecified atom stereocenters. The summed E-state index contributed by atoms with van der Waals surface area (Å²) >= 11 is 0. The van der Waals surface area contributed by atoms with Gasteiger partial charge in [0.15, 0.2) is 5.60 Å². The Balaban J connectivity index is 1.53. The van der Waals surface area contributed by atoms with Crippen molar-refractivity contribution < 1.29 is 34.4 Å². The summed E-state index contributed by atoms with van der Waals surface area (Å²) < 4.78 is 10.6. The molecule has 7 heteroatoms. The summed E-state index contributed by atoms with van der Waals surface area (Å²) in [4.78, 5) is 23.2. The average molecular weight is 380 g/mol. The second kappa shape index (κ2) is 10.2. The van der Waals surface area contributed by atoms with Crippen LogP contribution >= 0.6 is 0 Å². The van der Waals surface area contributed by atoms with E-state index in [2.05, 4.69) is 0 Å². The summed E-state index contributed by atoms with van der Waals surface area (Å²) in [6.45, 7) is 0.787. The van der Waals surface area contributed by atoms with Gasteiger partial charge in [0.1, 0.15) is 17.1 Å². The highest BCUT2D eigenvalue weighted by atomic mass is 16.5. The number of carboxylic acids is 1. The second-order valence-electron chi connectivity index (χ2n) is 6.96. The fourth-order valence-electron chi connectivity index (χ4n) is 3.32. The van der Waals surface area contributed by atoms with Crippen molar-refractivity contribution in [3.63, 3.8) is 0 Å². The van der Waals surface area contributed by atoms with Crippen LogP contribution in [0.25, 0.3) is 0 Å². The smallest absolute Gasteiger partial charge is 0.342 e. The predicted octanol–water partition coefficient (Wildman–Crippen LogP) is 3.62. The summed E-state index contributed by atoms with van der Waals surface area (Å²) in [5.41, 5.74) is -1.01. The molecule has 1 aromatic carbocycles. The van der Waals surface area contributed by atoms with Gasteiger partial charge in [-0.1, -0.05) is 25.7 Å². The van der Waals surface area contributed by atoms with Crippen molar-refractivity contribution in [3.8, 4) is 11.5 Å². The molecule has 1 atom stereocenters. The number of phenolic OH excluding ortho intramolecular Hbond substituents is 2. The number of carbonyl (C=O) groups excluding carboxylic acids is 1. The highest BCUT2D eigenvalue weighted by Gasteiger charge is 2.42. The molecule has 27 heavy (non-hydrogen) atoms. The van der Waals surface area contributed by atoms with E-state index in [1.54, 1.807) is 0 Å². The first-order valence-corrected chi connectivity index (χ1v) is 9.51. The number of hydrogen-bond acceptors (Lipinski definition) is 6. The summed E-state index contributed by atoms with van der Waals surface area (Å²) in [5, 5.41) is 28.3. The van der Waals surface area contributed by atoms with Crippen LogP contribution in [-0.2, 0) is 14.3 Å². The topological polar surface area (TPSA) is 113 Å². The lowest BCUT2D eigenvalue weighted by Gasteiger charge is -2.22. The molecular weight excluding hydrogens is 352 g/mol. The first kappa shape index (κ1) is 21.0. The molecule has 3 N–H and O–H groups in total. The summed E-state index contributed by atoms with van der Waals surface area (Å²) in [6, 6.07) is 3.72. The molecule has 1 aromatic rings. The maximum absolute atomic E-state index is 11.8. The lowest BCUT2D eigenvalue weighted by atomic mass is 9.93. The summed E-state index contributed by atoms with van der Waals surface area (Å²) in [5.74, 6) is -1.82. The molecule has 1 aliphatic heterocycles. The zero-order valence-electron chi connectivity index (χ0n) is 15.5. The number of rotatable bonds is 11. The molecule has 0 radical (unpaired) electrons. The number of aliphatic carboxylic acids is 1. The van der Waals surface area contributed by atoms with Crippen molar-refractivity contribution in [2.45, 2.75) is 63.4 Å². The SMILES string of the molecule is O=C(OCCCCCCCCC1(C(=O)O)CCCO1)c1cc(O)ccc1O. The van der Waals surface area contributed by atoms with E-state index in [1.807, 2.05) is 0 Å². The Morgan fingerprint density at radius 1 is 1.07 bits per heavy atom. The number of benzene rings is 1. The van der Waals surface area contributed by atoms with Crippen LogP contribution in [0.2, 0.25) is 0 Å². The number of unbranched alkanes of at least 4 members (excludes halogenated alkanes) is 5. The van der Waals surface area contributed by atoms with Crippen molar-refractivity contribution >= 4 is 11.9 Å². The van der Waals surface area contributed by atoms with Gasteiger partial charge in [0.05, 0.1) is 6.61 Å². The van der Waals surface area contributed by atoms with Gasteiger partial charge in [0.2, 0.25) is 0 Å². The number of aromatic hydroxyl groups is 2. The predicted molar refractivity (Wildman–Crippen MR) is 97.9 cm³/mol. The molecule has 0 spiro atoms. The first-order chi connectivity index (χ1) is 12.9. The van der Waals surface area contributed by atoms with E-state index in [0.717, 1.165) is 38.5 Å². The van der Waals surface area contributed by atoms with E-state index in [-0.39, 0.29) is 23.7 Å². The van der Waals surface area contributed by atoms with Gasteiger partial charge in [-0.3, -0.25) is 0 Å². The third-order valence-corrected chi connectivity index (χ3v) is 4.90. The van der Waals surface area contributed by atoms with Crippen molar-refractivity contribution in [2.75, 3.05) is 13.2 Å². The Bertz CT molecular complexity index is 635. The average Bonchev–Trinajstić information content (AvgIpc) is 3.12. The van der Waals surface area contributed by atoms with Crippen LogP contribution < -0.4 is 0 Å². The minimum Gasteiger partial charge on any atom is -0.508 e. The lowest BCUT2D eigenvalue weighted by molar-refractivity contribution is -0.161. The maximum atomic E-state index is 11.8. The minimum atomic E-state index is -0.967. The third kappa shape index (κ3) is 6.13. The molecule has 7 nitrogen and oxygen atoms in total. The Hall–Kier alpha value is -2.28. The van der Waals surface area contributed by atoms with E-state index in [9.17, 15) is 24.9 Å². The van der Waals surface area contributed by atoms with Gasteiger partial charge in [-0.15, -0.1) is 0 Å². The molecule has 0 saturated carbocycles. The molecule has 1 fully saturated rings. The van der Waals surface area contributed by atoms with E-state index >= 15 is 0 Å². The van der Waals surface area contributed by atoms with Crippen molar-refractivity contribution in [1.82, 2.24) is 0 Å². The summed E-state index contributed by atoms with van der Waals surface area (Å²) in [7, 11) is 0. The van der Waals surface area contributed by atoms with Crippen molar-refractivity contribution in [2.24, 2.45) is 0 Å². The van der Waals surface area contributed by atoms with E-state index in [0.29, 0.717) is 25.9 Å². The zero-order valence-corrected chi connectivity index (χ0v) is 15.5. The summed E-state index contributed by atoms with van der Waals surface area (Å²) in [6.07, 6.45) is 7.36. The quantitative estimate of drug-likeness (QED) is 0.305. The molecule has 1 aliphatic rings. The Morgan fingerprint density at radius 2 is 1.78 bits per heavy atom. The largest absolute Gasteiger partial charge is 0.508 e. The highest BCUT2D eigenvalue weighted by molar-refractivity contribution is 5.92. The second-order valence-corrected chi connectivity index (χ2v) is 6.96. The highest BCUT2D eigenvalue weighted by Crippen LogP contribution is 2.31. The molecular formula is C20H28O7. The monoisotopic (exact) mass is 380 g/mol. The van der Waals surface area contributed by atoms with Crippen LogP contribution in [0.5, 0.6) is 11.5 Å². The molecule has 1 saturated heterocycles. The molecule has 2 rings (SSSR count). The number of ether oxygens (including phenoxy) is 2. The number of hydrogen-bond donors (Lipinski definition) is 3. The Labute approximate surface area is 158 Å². The molecule has 150 valence electrons. The number of carboxylic acid groups (broad SMARTS) is 1. The van der Waals surface area contributed by atoms with Gasteiger partial charge in [-0.25, -0.2) is 9.59 Å². The molecule has 0 bridgehead atoms. The van der Waals surface area contributed by atoms with E-state index < -0.39 is 17.5 Å². The van der Waals surface area contributed by atoms with Gasteiger partial charge >= 0.3 is 11.9 Å². The minimum absolute atomic E-state index is 0.0449. The van der Waals surface area contributed by atoms with Crippen LogP contribution in [0.4, 0.5) is 0 Å². The molecule has 0 amide bonds. The lowest BCUT2D eigenvalue weighted by Crippen LogP contribution is -2.37. The van der Waals surface area contributed by atoms with Crippen molar-refractivity contribution in [1.29, 1.82) is 0 Å². The maximum Gasteiger partial charge on any atom is 0.342 e. The van der Waals surface area contributed by atoms with Gasteiger partial charge in [-0.2, -0.15) is 0 Å². The molecule has 1 heterocycles. The number of phenols is 2. The van der Waals surface area contributed by atoms with Gasteiger partial charge in [-0.05, 0) is 50.3 Å². The van der Waals surface area contributed by atoms with E-state index in [4.69, 9.17) is 9.47 Å². The zero-order chi connectivity index (χ0) is 19.7. The van der Waals surface area contributed by atoms with Crippen LogP contribution in [0, 0.1) is 0 Å². The van der Waals surface area contributed by atoms with Gasteiger partial charge in [0.25, 0.3) is 0 Å². The van der Waals surface area contributed by atoms with Gasteiger partial charge < -0.3 is 24.8 Å². The van der Waals surface area contributed by atoms with Crippen LogP contribution in [0.1, 0.15) is 68.1 Å². The van der Waals surface area contributed by atoms with Crippen LogP contribution in [0.3, 0.4) is 0 Å². The third-order valence-electron chi connectivity index (χ3n) is 4.90. The van der Waals surface area contributed by atoms with Crippen LogP contribution in [0.15, 0.2) is 18.2 Å². The molecule has 0 aliphatic carbocycles. The fourth-order valence-corrected chi connectivity index (χ4v) is 3.32. The normalized spacial score (nSPS) is 19.1. The number of carbonyl (C=O) groups is 2. The van der Waals surface area contributed by atoms with Crippen molar-refractivity contribution in [3.05, 3.63) is 23.8 Å². The molecule has 0 aromatic heterocycles. The van der Waals surface area contributed by atoms with E-state index in [1.165, 1.54) is 18.2 Å². The Morgan fingerprint density at radius 3 is 2.44 bits per heavy atom. The fraction of sp³-hybridized carbons (Fsp3) is 0.600. The van der Waals surface area contributed by atoms with Gasteiger partial charge in [0, 0.05) is 6.61 Å². The number of esters is 1. The first-order valence-electron chi connectivity index (χ1n) is 9.51. The van der Waals surface area contributed by atoms with Crippen LogP contribution in [-0.4, -0.2) is 46.1 Å². The Kier molecular flexibility index (Phi) is 7.91.